The Morgan fingerprint density at radius 1 is 1.44 bits per heavy atom. The van der Waals surface area contributed by atoms with Crippen LogP contribution in [0.4, 0.5) is 0 Å². The van der Waals surface area contributed by atoms with E-state index in [0.29, 0.717) is 17.4 Å². The second-order valence-corrected chi connectivity index (χ2v) is 4.13. The van der Waals surface area contributed by atoms with Gasteiger partial charge in [0.15, 0.2) is 0 Å². The van der Waals surface area contributed by atoms with Crippen LogP contribution in [0.25, 0.3) is 0 Å². The Kier molecular flexibility index (Phi) is 3.40. The molecule has 1 atom stereocenters. The molecule has 0 aliphatic heterocycles. The van der Waals surface area contributed by atoms with Crippen molar-refractivity contribution in [3.05, 3.63) is 47.8 Å². The number of aliphatic hydroxyl groups excluding tert-OH is 1. The maximum absolute atomic E-state index is 9.84. The highest BCUT2D eigenvalue weighted by atomic mass is 16.3. The van der Waals surface area contributed by atoms with Gasteiger partial charge < -0.3 is 5.11 Å². The van der Waals surface area contributed by atoms with Crippen LogP contribution in [0.2, 0.25) is 0 Å². The zero-order chi connectivity index (χ0) is 11.4. The van der Waals surface area contributed by atoms with E-state index >= 15 is 0 Å². The van der Waals surface area contributed by atoms with Gasteiger partial charge in [0, 0.05) is 7.05 Å². The third-order valence-corrected chi connectivity index (χ3v) is 2.83. The molecule has 1 unspecified atom stereocenters. The Morgan fingerprint density at radius 3 is 2.81 bits per heavy atom. The van der Waals surface area contributed by atoms with E-state index in [1.54, 1.807) is 7.05 Å². The van der Waals surface area contributed by atoms with Crippen LogP contribution in [-0.2, 0) is 0 Å². The number of allylic oxidation sites excluding steroid dienone is 7. The molecule has 16 heavy (non-hydrogen) atoms. The van der Waals surface area contributed by atoms with Gasteiger partial charge in [0.1, 0.15) is 5.76 Å². The second kappa shape index (κ2) is 4.97. The average Bonchev–Trinajstić information content (AvgIpc) is 3.15. The first-order chi connectivity index (χ1) is 7.81. The summed E-state index contributed by atoms with van der Waals surface area (Å²) in [5, 5.41) is 9.84. The molecule has 0 amide bonds. The molecular formula is C14H17NO. The minimum atomic E-state index is 0.383. The summed E-state index contributed by atoms with van der Waals surface area (Å²) >= 11 is 0. The molecule has 0 bridgehead atoms. The molecule has 2 nitrogen and oxygen atoms in total. The Bertz CT molecular complexity index is 404. The number of aliphatic imine (C=N–C) groups is 1. The van der Waals surface area contributed by atoms with E-state index in [0.717, 1.165) is 24.8 Å². The van der Waals surface area contributed by atoms with E-state index in [4.69, 9.17) is 0 Å². The van der Waals surface area contributed by atoms with E-state index in [2.05, 4.69) is 35.4 Å². The highest BCUT2D eigenvalue weighted by molar-refractivity contribution is 6.07. The zero-order valence-electron chi connectivity index (χ0n) is 9.56. The minimum Gasteiger partial charge on any atom is -0.506 e. The Morgan fingerprint density at radius 2 is 2.25 bits per heavy atom. The maximum atomic E-state index is 9.84. The predicted molar refractivity (Wildman–Crippen MR) is 67.8 cm³/mol. The molecule has 2 aliphatic carbocycles. The molecule has 0 saturated heterocycles. The Labute approximate surface area is 96.4 Å². The van der Waals surface area contributed by atoms with Crippen molar-refractivity contribution in [1.82, 2.24) is 0 Å². The highest BCUT2D eigenvalue weighted by Crippen LogP contribution is 2.31. The van der Waals surface area contributed by atoms with E-state index in [1.165, 1.54) is 0 Å². The van der Waals surface area contributed by atoms with Crippen molar-refractivity contribution in [3.8, 4) is 0 Å². The third-order valence-electron chi connectivity index (χ3n) is 2.83. The normalized spacial score (nSPS) is 24.2. The first-order valence-corrected chi connectivity index (χ1v) is 5.71. The highest BCUT2D eigenvalue weighted by Gasteiger charge is 2.19. The molecule has 0 spiro atoms. The van der Waals surface area contributed by atoms with Crippen LogP contribution in [0.15, 0.2) is 52.8 Å². The lowest BCUT2D eigenvalue weighted by atomic mass is 10.00. The lowest BCUT2D eigenvalue weighted by Gasteiger charge is -2.07. The van der Waals surface area contributed by atoms with Crippen molar-refractivity contribution in [2.45, 2.75) is 19.3 Å². The maximum Gasteiger partial charge on any atom is 0.139 e. The quantitative estimate of drug-likeness (QED) is 0.568. The van der Waals surface area contributed by atoms with Crippen LogP contribution in [-0.4, -0.2) is 17.9 Å². The molecule has 84 valence electrons. The van der Waals surface area contributed by atoms with E-state index in [1.807, 2.05) is 6.08 Å². The summed E-state index contributed by atoms with van der Waals surface area (Å²) in [6, 6.07) is 0. The molecule has 1 saturated carbocycles. The van der Waals surface area contributed by atoms with E-state index in [-0.39, 0.29) is 0 Å². The smallest absolute Gasteiger partial charge is 0.139 e. The molecule has 0 aromatic carbocycles. The molecule has 1 fully saturated rings. The van der Waals surface area contributed by atoms with Gasteiger partial charge in [-0.15, -0.1) is 0 Å². The fourth-order valence-corrected chi connectivity index (χ4v) is 1.70. The van der Waals surface area contributed by atoms with Gasteiger partial charge in [-0.25, -0.2) is 0 Å². The predicted octanol–water partition coefficient (Wildman–Crippen LogP) is 3.35. The molecular weight excluding hydrogens is 198 g/mol. The van der Waals surface area contributed by atoms with E-state index < -0.39 is 0 Å². The van der Waals surface area contributed by atoms with Crippen LogP contribution in [0, 0.1) is 5.92 Å². The summed E-state index contributed by atoms with van der Waals surface area (Å²) in [4.78, 5) is 4.11. The summed E-state index contributed by atoms with van der Waals surface area (Å²) in [5.74, 6) is 0.813. The van der Waals surface area contributed by atoms with Crippen molar-refractivity contribution in [2.24, 2.45) is 10.9 Å². The van der Waals surface area contributed by atoms with Crippen LogP contribution in [0.1, 0.15) is 19.3 Å². The Hall–Kier alpha value is -1.57. The van der Waals surface area contributed by atoms with Crippen LogP contribution >= 0.6 is 0 Å². The van der Waals surface area contributed by atoms with Gasteiger partial charge in [0.2, 0.25) is 0 Å². The van der Waals surface area contributed by atoms with Gasteiger partial charge in [-0.1, -0.05) is 30.4 Å². The number of aliphatic hydroxyl groups is 1. The molecule has 0 aromatic heterocycles. The molecule has 0 radical (unpaired) electrons. The minimum absolute atomic E-state index is 0.383. The summed E-state index contributed by atoms with van der Waals surface area (Å²) in [6.07, 6.45) is 15.5. The van der Waals surface area contributed by atoms with Gasteiger partial charge >= 0.3 is 0 Å². The number of hydrogen-bond donors (Lipinski definition) is 1. The van der Waals surface area contributed by atoms with Crippen LogP contribution in [0.5, 0.6) is 0 Å². The molecule has 2 rings (SSSR count). The fraction of sp³-hybridized carbons (Fsp3) is 0.357. The summed E-state index contributed by atoms with van der Waals surface area (Å²) in [5.41, 5.74) is 1.83. The first kappa shape index (κ1) is 10.9. The first-order valence-electron chi connectivity index (χ1n) is 5.71. The average molecular weight is 215 g/mol. The van der Waals surface area contributed by atoms with Crippen molar-refractivity contribution in [2.75, 3.05) is 7.05 Å². The van der Waals surface area contributed by atoms with Gasteiger partial charge in [0.05, 0.1) is 5.71 Å². The number of rotatable bonds is 3. The topological polar surface area (TPSA) is 32.6 Å². The van der Waals surface area contributed by atoms with Crippen molar-refractivity contribution in [3.63, 3.8) is 0 Å². The van der Waals surface area contributed by atoms with Gasteiger partial charge in [-0.05, 0) is 36.8 Å². The lowest BCUT2D eigenvalue weighted by Crippen LogP contribution is -2.00. The van der Waals surface area contributed by atoms with E-state index in [9.17, 15) is 5.11 Å². The number of nitrogens with zero attached hydrogens (tertiary/aromatic N) is 1. The van der Waals surface area contributed by atoms with Gasteiger partial charge in [-0.3, -0.25) is 4.99 Å². The Balaban J connectivity index is 2.02. The standard InChI is InChI=1S/C14H17NO/c1-15-13(14(16)12-8-9-12)10-7-11-5-3-2-4-6-11/h2-5,7,10-11,16H,6,8-9H2,1H3/b10-7-,15-13+. The third kappa shape index (κ3) is 2.72. The number of hydrogen-bond acceptors (Lipinski definition) is 2. The van der Waals surface area contributed by atoms with Crippen molar-refractivity contribution >= 4 is 5.71 Å². The molecule has 2 aliphatic rings. The summed E-state index contributed by atoms with van der Waals surface area (Å²) in [6.45, 7) is 0. The summed E-state index contributed by atoms with van der Waals surface area (Å²) in [7, 11) is 1.72. The zero-order valence-corrected chi connectivity index (χ0v) is 9.56. The van der Waals surface area contributed by atoms with Gasteiger partial charge in [0.25, 0.3) is 0 Å². The molecule has 1 N–H and O–H groups in total. The van der Waals surface area contributed by atoms with Gasteiger partial charge in [-0.2, -0.15) is 0 Å². The monoisotopic (exact) mass is 215 g/mol. The molecule has 2 heteroatoms. The molecule has 0 heterocycles. The SMILES string of the molecule is C/N=C(\C=C/C1C=CC=CC1)C(O)=C1CC1. The van der Waals surface area contributed by atoms with Crippen LogP contribution < -0.4 is 0 Å². The lowest BCUT2D eigenvalue weighted by molar-refractivity contribution is 0.441. The fourth-order valence-electron chi connectivity index (χ4n) is 1.70. The largest absolute Gasteiger partial charge is 0.506 e. The van der Waals surface area contributed by atoms with Crippen molar-refractivity contribution < 1.29 is 5.11 Å². The molecule has 0 aromatic rings. The second-order valence-electron chi connectivity index (χ2n) is 4.13. The van der Waals surface area contributed by atoms with Crippen LogP contribution in [0.3, 0.4) is 0 Å². The van der Waals surface area contributed by atoms with Crippen molar-refractivity contribution in [1.29, 1.82) is 0 Å². The summed E-state index contributed by atoms with van der Waals surface area (Å²) < 4.78 is 0.